The molecule has 0 spiro atoms. The second-order valence-electron chi connectivity index (χ2n) is 5.65. The van der Waals surface area contributed by atoms with Crippen LogP contribution in [0.1, 0.15) is 25.2 Å². The zero-order valence-corrected chi connectivity index (χ0v) is 12.7. The van der Waals surface area contributed by atoms with Crippen molar-refractivity contribution in [2.24, 2.45) is 7.05 Å². The van der Waals surface area contributed by atoms with Gasteiger partial charge in [0, 0.05) is 49.8 Å². The molecular formula is C16H21N5. The fourth-order valence-electron chi connectivity index (χ4n) is 2.47. The van der Waals surface area contributed by atoms with Crippen molar-refractivity contribution in [1.82, 2.24) is 24.4 Å². The summed E-state index contributed by atoms with van der Waals surface area (Å²) in [4.78, 5) is 8.94. The lowest BCUT2D eigenvalue weighted by molar-refractivity contribution is 0.589. The highest BCUT2D eigenvalue weighted by atomic mass is 15.1. The summed E-state index contributed by atoms with van der Waals surface area (Å²) < 4.78 is 4.22. The average Bonchev–Trinajstić information content (AvgIpc) is 3.02. The van der Waals surface area contributed by atoms with Gasteiger partial charge in [0.2, 0.25) is 0 Å². The standard InChI is InChI=1S/C16H21N5/c1-12(2)19-9-13-10-21(11-15-17-7-8-20(15)3)16-14(13)5-4-6-18-16/h4-8,10,12,19H,9,11H2,1-3H3. The normalized spacial score (nSPS) is 11.6. The van der Waals surface area contributed by atoms with Crippen molar-refractivity contribution in [2.75, 3.05) is 0 Å². The van der Waals surface area contributed by atoms with Crippen LogP contribution in [0.15, 0.2) is 36.9 Å². The highest BCUT2D eigenvalue weighted by Gasteiger charge is 2.11. The van der Waals surface area contributed by atoms with Gasteiger partial charge in [0.1, 0.15) is 11.5 Å². The van der Waals surface area contributed by atoms with E-state index in [0.717, 1.165) is 24.6 Å². The first-order chi connectivity index (χ1) is 10.1. The molecule has 0 radical (unpaired) electrons. The van der Waals surface area contributed by atoms with E-state index in [1.165, 1.54) is 10.9 Å². The van der Waals surface area contributed by atoms with Crippen molar-refractivity contribution in [3.63, 3.8) is 0 Å². The van der Waals surface area contributed by atoms with E-state index < -0.39 is 0 Å². The molecule has 3 aromatic rings. The van der Waals surface area contributed by atoms with E-state index in [1.807, 2.05) is 36.3 Å². The van der Waals surface area contributed by atoms with E-state index in [9.17, 15) is 0 Å². The number of aromatic nitrogens is 4. The first kappa shape index (κ1) is 13.8. The molecule has 0 aliphatic heterocycles. The zero-order chi connectivity index (χ0) is 14.8. The summed E-state index contributed by atoms with van der Waals surface area (Å²) in [6, 6.07) is 4.59. The Hall–Kier alpha value is -2.14. The van der Waals surface area contributed by atoms with Crippen molar-refractivity contribution in [3.05, 3.63) is 48.3 Å². The fourth-order valence-corrected chi connectivity index (χ4v) is 2.47. The Morgan fingerprint density at radius 2 is 2.10 bits per heavy atom. The number of rotatable bonds is 5. The Morgan fingerprint density at radius 1 is 1.24 bits per heavy atom. The highest BCUT2D eigenvalue weighted by Crippen LogP contribution is 2.20. The van der Waals surface area contributed by atoms with E-state index in [2.05, 4.69) is 46.0 Å². The van der Waals surface area contributed by atoms with Crippen LogP contribution in [0.3, 0.4) is 0 Å². The van der Waals surface area contributed by atoms with Crippen molar-refractivity contribution in [3.8, 4) is 0 Å². The largest absolute Gasteiger partial charge is 0.337 e. The van der Waals surface area contributed by atoms with Gasteiger partial charge in [0.05, 0.1) is 6.54 Å². The third kappa shape index (κ3) is 2.83. The Labute approximate surface area is 124 Å². The Bertz CT molecular complexity index is 738. The molecule has 3 heterocycles. The third-order valence-corrected chi connectivity index (χ3v) is 3.65. The van der Waals surface area contributed by atoms with E-state index >= 15 is 0 Å². The molecule has 110 valence electrons. The number of fused-ring (bicyclic) bond motifs is 1. The summed E-state index contributed by atoms with van der Waals surface area (Å²) in [5, 5.41) is 4.68. The molecule has 1 N–H and O–H groups in total. The monoisotopic (exact) mass is 283 g/mol. The molecule has 0 atom stereocenters. The fraction of sp³-hybridized carbons (Fsp3) is 0.375. The van der Waals surface area contributed by atoms with Gasteiger partial charge >= 0.3 is 0 Å². The zero-order valence-electron chi connectivity index (χ0n) is 12.7. The predicted molar refractivity (Wildman–Crippen MR) is 84.0 cm³/mol. The van der Waals surface area contributed by atoms with Gasteiger partial charge in [-0.15, -0.1) is 0 Å². The minimum atomic E-state index is 0.467. The lowest BCUT2D eigenvalue weighted by atomic mass is 10.2. The van der Waals surface area contributed by atoms with E-state index in [4.69, 9.17) is 0 Å². The highest BCUT2D eigenvalue weighted by molar-refractivity contribution is 5.80. The van der Waals surface area contributed by atoms with Gasteiger partial charge in [-0.05, 0) is 17.7 Å². The van der Waals surface area contributed by atoms with Crippen LogP contribution in [0.25, 0.3) is 11.0 Å². The molecule has 3 rings (SSSR count). The molecule has 0 unspecified atom stereocenters. The minimum Gasteiger partial charge on any atom is -0.337 e. The maximum absolute atomic E-state index is 4.54. The number of nitrogens with one attached hydrogen (secondary N) is 1. The molecule has 0 bridgehead atoms. The van der Waals surface area contributed by atoms with E-state index in [1.54, 1.807) is 0 Å². The van der Waals surface area contributed by atoms with Gasteiger partial charge in [-0.2, -0.15) is 0 Å². The van der Waals surface area contributed by atoms with Crippen LogP contribution in [-0.2, 0) is 20.1 Å². The molecule has 0 aromatic carbocycles. The number of hydrogen-bond donors (Lipinski definition) is 1. The minimum absolute atomic E-state index is 0.467. The van der Waals surface area contributed by atoms with Crippen LogP contribution in [-0.4, -0.2) is 25.1 Å². The van der Waals surface area contributed by atoms with Crippen LogP contribution in [0.5, 0.6) is 0 Å². The third-order valence-electron chi connectivity index (χ3n) is 3.65. The molecule has 0 fully saturated rings. The van der Waals surface area contributed by atoms with Crippen LogP contribution < -0.4 is 5.32 Å². The topological polar surface area (TPSA) is 47.7 Å². The summed E-state index contributed by atoms with van der Waals surface area (Å²) in [7, 11) is 2.02. The van der Waals surface area contributed by atoms with Crippen LogP contribution in [0.4, 0.5) is 0 Å². The number of aryl methyl sites for hydroxylation is 1. The average molecular weight is 283 g/mol. The maximum atomic E-state index is 4.54. The van der Waals surface area contributed by atoms with Crippen LogP contribution in [0.2, 0.25) is 0 Å². The Balaban J connectivity index is 1.96. The number of hydrogen-bond acceptors (Lipinski definition) is 3. The quantitative estimate of drug-likeness (QED) is 0.781. The molecule has 0 saturated heterocycles. The molecule has 3 aromatic heterocycles. The van der Waals surface area contributed by atoms with Gasteiger partial charge in [-0.3, -0.25) is 0 Å². The lowest BCUT2D eigenvalue weighted by Crippen LogP contribution is -2.21. The van der Waals surface area contributed by atoms with Gasteiger partial charge in [0.15, 0.2) is 0 Å². The molecule has 0 aliphatic rings. The van der Waals surface area contributed by atoms with Gasteiger partial charge in [0.25, 0.3) is 0 Å². The smallest absolute Gasteiger partial charge is 0.140 e. The number of nitrogens with zero attached hydrogens (tertiary/aromatic N) is 4. The second kappa shape index (κ2) is 5.69. The molecule has 0 saturated carbocycles. The molecule has 0 amide bonds. The Kier molecular flexibility index (Phi) is 3.75. The van der Waals surface area contributed by atoms with E-state index in [-0.39, 0.29) is 0 Å². The predicted octanol–water partition coefficient (Wildman–Crippen LogP) is 2.32. The summed E-state index contributed by atoms with van der Waals surface area (Å²) in [6.07, 6.45) is 7.82. The molecule has 21 heavy (non-hydrogen) atoms. The first-order valence-corrected chi connectivity index (χ1v) is 7.27. The molecule has 5 heteroatoms. The lowest BCUT2D eigenvalue weighted by Gasteiger charge is -2.06. The maximum Gasteiger partial charge on any atom is 0.140 e. The van der Waals surface area contributed by atoms with Gasteiger partial charge in [-0.1, -0.05) is 13.8 Å². The summed E-state index contributed by atoms with van der Waals surface area (Å²) in [5.74, 6) is 1.03. The first-order valence-electron chi connectivity index (χ1n) is 7.27. The van der Waals surface area contributed by atoms with Crippen molar-refractivity contribution >= 4 is 11.0 Å². The molecule has 0 aliphatic carbocycles. The summed E-state index contributed by atoms with van der Waals surface area (Å²) in [6.45, 7) is 5.91. The number of pyridine rings is 1. The van der Waals surface area contributed by atoms with E-state index in [0.29, 0.717) is 6.04 Å². The van der Waals surface area contributed by atoms with Crippen LogP contribution >= 0.6 is 0 Å². The van der Waals surface area contributed by atoms with Gasteiger partial charge in [-0.25, -0.2) is 9.97 Å². The summed E-state index contributed by atoms with van der Waals surface area (Å²) in [5.41, 5.74) is 2.29. The van der Waals surface area contributed by atoms with Gasteiger partial charge < -0.3 is 14.5 Å². The Morgan fingerprint density at radius 3 is 2.81 bits per heavy atom. The molecule has 5 nitrogen and oxygen atoms in total. The summed E-state index contributed by atoms with van der Waals surface area (Å²) >= 11 is 0. The van der Waals surface area contributed by atoms with Crippen LogP contribution in [0, 0.1) is 0 Å². The molecular weight excluding hydrogens is 262 g/mol. The van der Waals surface area contributed by atoms with Crippen molar-refractivity contribution in [1.29, 1.82) is 0 Å². The second-order valence-corrected chi connectivity index (χ2v) is 5.65. The van der Waals surface area contributed by atoms with Crippen molar-refractivity contribution in [2.45, 2.75) is 33.0 Å². The number of imidazole rings is 1. The SMILES string of the molecule is CC(C)NCc1cn(Cc2nccn2C)c2ncccc12. The van der Waals surface area contributed by atoms with Crippen molar-refractivity contribution < 1.29 is 0 Å².